The Labute approximate surface area is 638 Å². The van der Waals surface area contributed by atoms with Crippen LogP contribution in [0.5, 0.6) is 0 Å². The van der Waals surface area contributed by atoms with Gasteiger partial charge in [-0.2, -0.15) is 0 Å². The van der Waals surface area contributed by atoms with Crippen molar-refractivity contribution < 1.29 is 0 Å². The van der Waals surface area contributed by atoms with Crippen molar-refractivity contribution in [2.24, 2.45) is 0 Å². The number of rotatable bonds is 8. The van der Waals surface area contributed by atoms with Crippen molar-refractivity contribution in [1.29, 1.82) is 0 Å². The molecule has 1 heterocycles. The van der Waals surface area contributed by atoms with Gasteiger partial charge in [-0.1, -0.05) is 329 Å². The summed E-state index contributed by atoms with van der Waals surface area (Å²) in [6, 6.07) is 78.8. The first-order chi connectivity index (χ1) is 48.8. The zero-order valence-corrected chi connectivity index (χ0v) is 70.4. The summed E-state index contributed by atoms with van der Waals surface area (Å²) in [5.74, 6) is 0. The molecule has 13 rings (SSSR count). The monoisotopic (exact) mass is 1400 g/mol. The summed E-state index contributed by atoms with van der Waals surface area (Å²) in [6.07, 6.45) is 0. The van der Waals surface area contributed by atoms with Gasteiger partial charge in [0.25, 0.3) is 0 Å². The highest BCUT2D eigenvalue weighted by atomic mass is 15.1. The van der Waals surface area contributed by atoms with Crippen molar-refractivity contribution >= 4 is 71.2 Å². The molecule has 0 fully saturated rings. The molecule has 548 valence electrons. The number of fused-ring (bicyclic) bond motifs is 3. The minimum Gasteiger partial charge on any atom is -0.310 e. The third-order valence-electron chi connectivity index (χ3n) is 22.9. The normalized spacial score (nSPS) is 13.6. The summed E-state index contributed by atoms with van der Waals surface area (Å²) in [5, 5.41) is 9.99. The zero-order valence-electron chi connectivity index (χ0n) is 70.4. The third-order valence-corrected chi connectivity index (χ3v) is 22.9. The maximum absolute atomic E-state index is 2.67. The van der Waals surface area contributed by atoms with E-state index in [4.69, 9.17) is 0 Å². The molecule has 0 N–H and O–H groups in total. The van der Waals surface area contributed by atoms with Crippen LogP contribution < -0.4 is 4.90 Å². The van der Waals surface area contributed by atoms with E-state index in [0.717, 1.165) is 17.1 Å². The van der Waals surface area contributed by atoms with E-state index in [2.05, 4.69) is 411 Å². The SMILES string of the molecule is CC(C)(C)c1cc(-c2cc(-c3cc(C(C)(C)C)cc(C(C)(C)C)c3)cc(N(c3cc(-c4cc(C(C)(C)C)cc(C(C)(C)C)c4)cc(-c4cc(C(C)(C)C)cc(C(C)(C)C)c4)c3)c3ccc4ccc5c(-n6c7ccc(C(C)(C)C)cc7c7cc(C(C)(C)C)ccc76)ccc6ccc3c4c65)c2)cc(C(C)(C)C)c1. The minimum absolute atomic E-state index is 0.0188. The van der Waals surface area contributed by atoms with Crippen LogP contribution in [-0.2, 0) is 54.1 Å². The van der Waals surface area contributed by atoms with E-state index in [9.17, 15) is 0 Å². The number of nitrogens with zero attached hydrogens (tertiary/aromatic N) is 2. The summed E-state index contributed by atoms with van der Waals surface area (Å²) in [7, 11) is 0. The molecule has 2 heteroatoms. The number of hydrogen-bond donors (Lipinski definition) is 0. The number of aromatic nitrogens is 1. The Morgan fingerprint density at radius 1 is 0.198 bits per heavy atom. The maximum atomic E-state index is 2.67. The molecule has 0 spiro atoms. The fraction of sp³-hybridized carbons (Fsp3) is 0.385. The molecule has 0 amide bonds. The quantitative estimate of drug-likeness (QED) is 0.138. The molecular formula is C104H122N2. The summed E-state index contributed by atoms with van der Waals surface area (Å²) in [6.45, 7) is 70.8. The molecule has 2 nitrogen and oxygen atoms in total. The predicted molar refractivity (Wildman–Crippen MR) is 468 cm³/mol. The minimum atomic E-state index is -0.106. The van der Waals surface area contributed by atoms with Gasteiger partial charge in [0.15, 0.2) is 0 Å². The molecule has 0 saturated heterocycles. The van der Waals surface area contributed by atoms with Crippen molar-refractivity contribution in [3.63, 3.8) is 0 Å². The van der Waals surface area contributed by atoms with Crippen LogP contribution in [0.15, 0.2) is 194 Å². The third kappa shape index (κ3) is 14.5. The fourth-order valence-corrected chi connectivity index (χ4v) is 15.6. The standard InChI is InChI=1S/C104H122N2/c1-95(2,3)73-35-41-91-87(61-73)88-62-74(96(4,5)6)36-42-92(88)106(91)90-40-34-64-31-37-85-89(39-33-63-32-38-86(90)94(64)93(63)85)105(83-53-65(69-45-75(97(7,8)9)57-76(46-69)98(10,11)12)43-66(54-83)70-47-77(99(13,14)15)58-78(48-70)100(16,17)18)84-55-67(71-49-79(101(19,20)21)59-80(50-71)102(22,23)24)44-68(56-84)72-51-81(103(25,26)27)60-82(52-72)104(28,29)30/h31-62H,1-30H3. The van der Waals surface area contributed by atoms with E-state index >= 15 is 0 Å². The Morgan fingerprint density at radius 3 is 0.726 bits per heavy atom. The van der Waals surface area contributed by atoms with E-state index < -0.39 is 0 Å². The Kier molecular flexibility index (Phi) is 18.1. The van der Waals surface area contributed by atoms with Gasteiger partial charge in [0.2, 0.25) is 0 Å². The van der Waals surface area contributed by atoms with Crippen LogP contribution in [0, 0.1) is 0 Å². The molecule has 0 atom stereocenters. The lowest BCUT2D eigenvalue weighted by Crippen LogP contribution is -2.17. The summed E-state index contributed by atoms with van der Waals surface area (Å²) in [4.78, 5) is 2.67. The van der Waals surface area contributed by atoms with E-state index in [-0.39, 0.29) is 54.1 Å². The van der Waals surface area contributed by atoms with Crippen LogP contribution in [0.2, 0.25) is 0 Å². The molecule has 0 saturated carbocycles. The second kappa shape index (κ2) is 25.5. The van der Waals surface area contributed by atoms with Crippen LogP contribution >= 0.6 is 0 Å². The molecular weight excluding hydrogens is 1280 g/mol. The van der Waals surface area contributed by atoms with Gasteiger partial charge in [0.1, 0.15) is 0 Å². The second-order valence-corrected chi connectivity index (χ2v) is 42.0. The van der Waals surface area contributed by atoms with Crippen molar-refractivity contribution in [2.75, 3.05) is 4.90 Å². The van der Waals surface area contributed by atoms with Crippen molar-refractivity contribution in [3.8, 4) is 50.2 Å². The molecule has 1 aromatic heterocycles. The average molecular weight is 1400 g/mol. The molecule has 0 radical (unpaired) electrons. The van der Waals surface area contributed by atoms with Crippen LogP contribution in [0.4, 0.5) is 17.1 Å². The predicted octanol–water partition coefficient (Wildman–Crippen LogP) is 30.8. The van der Waals surface area contributed by atoms with Gasteiger partial charge >= 0.3 is 0 Å². The molecule has 0 aliphatic carbocycles. The van der Waals surface area contributed by atoms with Crippen molar-refractivity contribution in [1.82, 2.24) is 4.57 Å². The van der Waals surface area contributed by atoms with Crippen LogP contribution in [0.3, 0.4) is 0 Å². The Hall–Kier alpha value is -8.72. The van der Waals surface area contributed by atoms with Crippen LogP contribution in [0.1, 0.15) is 263 Å². The highest BCUT2D eigenvalue weighted by molar-refractivity contribution is 6.28. The molecule has 13 aromatic rings. The average Bonchev–Trinajstić information content (AvgIpc) is 1.37. The van der Waals surface area contributed by atoms with Gasteiger partial charge in [-0.25, -0.2) is 0 Å². The molecule has 0 bridgehead atoms. The highest BCUT2D eigenvalue weighted by Crippen LogP contribution is 2.51. The maximum Gasteiger partial charge on any atom is 0.0541 e. The number of anilines is 3. The van der Waals surface area contributed by atoms with Crippen molar-refractivity contribution in [2.45, 2.75) is 262 Å². The lowest BCUT2D eigenvalue weighted by atomic mass is 9.78. The largest absolute Gasteiger partial charge is 0.310 e. The first-order valence-electron chi connectivity index (χ1n) is 39.4. The molecule has 12 aromatic carbocycles. The van der Waals surface area contributed by atoms with E-state index in [0.29, 0.717) is 0 Å². The highest BCUT2D eigenvalue weighted by Gasteiger charge is 2.31. The topological polar surface area (TPSA) is 8.17 Å². The molecule has 0 aliphatic rings. The first-order valence-corrected chi connectivity index (χ1v) is 39.4. The Balaban J connectivity index is 1.21. The molecule has 0 unspecified atom stereocenters. The van der Waals surface area contributed by atoms with Gasteiger partial charge in [-0.15, -0.1) is 0 Å². The van der Waals surface area contributed by atoms with Gasteiger partial charge in [0, 0.05) is 32.9 Å². The van der Waals surface area contributed by atoms with Crippen LogP contribution in [0.25, 0.3) is 104 Å². The molecule has 106 heavy (non-hydrogen) atoms. The summed E-state index contributed by atoms with van der Waals surface area (Å²) >= 11 is 0. The van der Waals surface area contributed by atoms with Gasteiger partial charge < -0.3 is 9.47 Å². The summed E-state index contributed by atoms with van der Waals surface area (Å²) in [5.41, 5.74) is 29.0. The lowest BCUT2D eigenvalue weighted by molar-refractivity contribution is 0.568. The first kappa shape index (κ1) is 75.5. The summed E-state index contributed by atoms with van der Waals surface area (Å²) < 4.78 is 2.57. The Morgan fingerprint density at radius 2 is 0.443 bits per heavy atom. The van der Waals surface area contributed by atoms with Gasteiger partial charge in [-0.3, -0.25) is 0 Å². The molecule has 0 aliphatic heterocycles. The van der Waals surface area contributed by atoms with Gasteiger partial charge in [0.05, 0.1) is 22.4 Å². The zero-order chi connectivity index (χ0) is 77.3. The van der Waals surface area contributed by atoms with E-state index in [1.165, 1.54) is 160 Å². The van der Waals surface area contributed by atoms with Crippen LogP contribution in [-0.4, -0.2) is 4.57 Å². The smallest absolute Gasteiger partial charge is 0.0541 e. The van der Waals surface area contributed by atoms with E-state index in [1.807, 2.05) is 0 Å². The fourth-order valence-electron chi connectivity index (χ4n) is 15.6. The number of benzene rings is 12. The number of hydrogen-bond acceptors (Lipinski definition) is 1. The van der Waals surface area contributed by atoms with Crippen molar-refractivity contribution in [3.05, 3.63) is 250 Å². The second-order valence-electron chi connectivity index (χ2n) is 42.0. The van der Waals surface area contributed by atoms with E-state index in [1.54, 1.807) is 0 Å². The Bertz CT molecular complexity index is 5010. The van der Waals surface area contributed by atoms with Gasteiger partial charge in [-0.05, 0) is 249 Å². The lowest BCUT2D eigenvalue weighted by Gasteiger charge is -2.31.